The van der Waals surface area contributed by atoms with Gasteiger partial charge in [-0.25, -0.2) is 9.98 Å². The molecule has 1 aromatic carbocycles. The third-order valence-electron chi connectivity index (χ3n) is 4.62. The fourth-order valence-corrected chi connectivity index (χ4v) is 3.38. The highest BCUT2D eigenvalue weighted by atomic mass is 16.5. The van der Waals surface area contributed by atoms with Crippen molar-refractivity contribution in [3.05, 3.63) is 41.1 Å². The van der Waals surface area contributed by atoms with Crippen molar-refractivity contribution in [1.29, 1.82) is 0 Å². The minimum absolute atomic E-state index is 0.0134. The molecule has 1 aromatic rings. The summed E-state index contributed by atoms with van der Waals surface area (Å²) in [7, 11) is 0. The first kappa shape index (κ1) is 16.6. The third-order valence-corrected chi connectivity index (χ3v) is 4.62. The summed E-state index contributed by atoms with van der Waals surface area (Å²) in [5.74, 6) is 0.323. The number of hydrogen-bond donors (Lipinski definition) is 3. The Morgan fingerprint density at radius 1 is 1.42 bits per heavy atom. The summed E-state index contributed by atoms with van der Waals surface area (Å²) in [6.07, 6.45) is 2.15. The molecule has 3 heterocycles. The Morgan fingerprint density at radius 3 is 3.19 bits per heavy atom. The van der Waals surface area contributed by atoms with Crippen LogP contribution in [0.3, 0.4) is 0 Å². The van der Waals surface area contributed by atoms with E-state index in [0.717, 1.165) is 23.4 Å². The number of hydrogen-bond acceptors (Lipinski definition) is 7. The number of nitrogens with one attached hydrogen (secondary N) is 2. The number of carbonyl (C=O) groups is 1. The van der Waals surface area contributed by atoms with Crippen molar-refractivity contribution in [3.63, 3.8) is 0 Å². The average molecular weight is 354 g/mol. The standard InChI is InChI=1S/C18H22N6O2/c1-11-9-24(6-3-7-26-11)17(25)13-5-2-4-12(8-13)14-15-16(21-10-20-15)23-18(19)22-14/h2,4-5,8,10-11,16H,3,6-7,9H2,1H3,(H,20,21)(H3,19,22,23)/t11-,16?/m1/s1. The highest BCUT2D eigenvalue weighted by molar-refractivity contribution is 5.97. The van der Waals surface area contributed by atoms with Gasteiger partial charge in [0.25, 0.3) is 5.91 Å². The molecule has 0 saturated carbocycles. The maximum absolute atomic E-state index is 13.0. The normalized spacial score (nSPS) is 25.1. The van der Waals surface area contributed by atoms with Gasteiger partial charge in [0, 0.05) is 30.8 Å². The van der Waals surface area contributed by atoms with Crippen molar-refractivity contribution in [2.24, 2.45) is 15.7 Å². The molecule has 0 spiro atoms. The van der Waals surface area contributed by atoms with E-state index in [1.165, 1.54) is 0 Å². The topological polar surface area (TPSA) is 104 Å². The van der Waals surface area contributed by atoms with Crippen molar-refractivity contribution < 1.29 is 9.53 Å². The number of nitrogens with two attached hydrogens (primary N) is 1. The van der Waals surface area contributed by atoms with Crippen LogP contribution < -0.4 is 16.4 Å². The molecule has 8 heteroatoms. The van der Waals surface area contributed by atoms with Gasteiger partial charge >= 0.3 is 0 Å². The molecule has 3 aliphatic rings. The average Bonchev–Trinajstić information content (AvgIpc) is 3.00. The maximum Gasteiger partial charge on any atom is 0.253 e. The van der Waals surface area contributed by atoms with Crippen LogP contribution in [0, 0.1) is 0 Å². The molecule has 0 radical (unpaired) electrons. The molecule has 1 fully saturated rings. The lowest BCUT2D eigenvalue weighted by Gasteiger charge is -2.24. The van der Waals surface area contributed by atoms with Crippen molar-refractivity contribution in [2.45, 2.75) is 25.6 Å². The lowest BCUT2D eigenvalue weighted by atomic mass is 10.0. The van der Waals surface area contributed by atoms with E-state index < -0.39 is 0 Å². The largest absolute Gasteiger partial charge is 0.377 e. The predicted octanol–water partition coefficient (Wildman–Crippen LogP) is 0.482. The van der Waals surface area contributed by atoms with Gasteiger partial charge in [-0.2, -0.15) is 0 Å². The van der Waals surface area contributed by atoms with Gasteiger partial charge in [0.15, 0.2) is 12.1 Å². The van der Waals surface area contributed by atoms with Crippen LogP contribution in [0.1, 0.15) is 29.3 Å². The van der Waals surface area contributed by atoms with Crippen LogP contribution >= 0.6 is 0 Å². The molecule has 1 amide bonds. The molecule has 3 aliphatic heterocycles. The van der Waals surface area contributed by atoms with Crippen molar-refractivity contribution in [1.82, 2.24) is 15.5 Å². The summed E-state index contributed by atoms with van der Waals surface area (Å²) in [5.41, 5.74) is 9.02. The van der Waals surface area contributed by atoms with Gasteiger partial charge in [-0.15, -0.1) is 0 Å². The Morgan fingerprint density at radius 2 is 2.31 bits per heavy atom. The Hall–Kier alpha value is -2.87. The fraction of sp³-hybridized carbons (Fsp3) is 0.389. The van der Waals surface area contributed by atoms with Gasteiger partial charge in [0.05, 0.1) is 23.8 Å². The zero-order valence-corrected chi connectivity index (χ0v) is 14.6. The maximum atomic E-state index is 13.0. The monoisotopic (exact) mass is 354 g/mol. The van der Waals surface area contributed by atoms with E-state index in [0.29, 0.717) is 31.2 Å². The minimum Gasteiger partial charge on any atom is -0.377 e. The van der Waals surface area contributed by atoms with Gasteiger partial charge in [0.2, 0.25) is 0 Å². The molecule has 0 aliphatic carbocycles. The fourth-order valence-electron chi connectivity index (χ4n) is 3.38. The number of rotatable bonds is 2. The van der Waals surface area contributed by atoms with Crippen LogP contribution in [0.5, 0.6) is 0 Å². The first-order valence-electron chi connectivity index (χ1n) is 8.76. The highest BCUT2D eigenvalue weighted by Crippen LogP contribution is 2.25. The molecule has 1 unspecified atom stereocenters. The van der Waals surface area contributed by atoms with Gasteiger partial charge < -0.3 is 26.0 Å². The van der Waals surface area contributed by atoms with Gasteiger partial charge in [-0.05, 0) is 25.5 Å². The molecule has 8 nitrogen and oxygen atoms in total. The van der Waals surface area contributed by atoms with E-state index in [4.69, 9.17) is 10.5 Å². The van der Waals surface area contributed by atoms with Crippen LogP contribution in [-0.4, -0.2) is 55.1 Å². The second kappa shape index (κ2) is 6.80. The van der Waals surface area contributed by atoms with Gasteiger partial charge in [-0.3, -0.25) is 4.79 Å². The second-order valence-electron chi connectivity index (χ2n) is 6.59. The molecule has 4 N–H and O–H groups in total. The summed E-state index contributed by atoms with van der Waals surface area (Å²) >= 11 is 0. The highest BCUT2D eigenvalue weighted by Gasteiger charge is 2.27. The van der Waals surface area contributed by atoms with Gasteiger partial charge in [0.1, 0.15) is 0 Å². The molecule has 0 bridgehead atoms. The summed E-state index contributed by atoms with van der Waals surface area (Å²) in [5, 5.41) is 6.19. The number of amides is 1. The summed E-state index contributed by atoms with van der Waals surface area (Å²) in [6.45, 7) is 3.99. The van der Waals surface area contributed by atoms with Crippen LogP contribution in [0.2, 0.25) is 0 Å². The van der Waals surface area contributed by atoms with E-state index in [1.54, 1.807) is 6.34 Å². The van der Waals surface area contributed by atoms with Crippen molar-refractivity contribution >= 4 is 23.9 Å². The second-order valence-corrected chi connectivity index (χ2v) is 6.59. The van der Waals surface area contributed by atoms with E-state index >= 15 is 0 Å². The molecule has 1 saturated heterocycles. The lowest BCUT2D eigenvalue weighted by Crippen LogP contribution is -2.38. The van der Waals surface area contributed by atoms with E-state index in [-0.39, 0.29) is 18.2 Å². The van der Waals surface area contributed by atoms with E-state index in [1.807, 2.05) is 36.1 Å². The van der Waals surface area contributed by atoms with Gasteiger partial charge in [-0.1, -0.05) is 12.1 Å². The van der Waals surface area contributed by atoms with Crippen LogP contribution in [0.15, 0.2) is 39.9 Å². The van der Waals surface area contributed by atoms with Crippen LogP contribution in [-0.2, 0) is 4.74 Å². The van der Waals surface area contributed by atoms with Crippen LogP contribution in [0.4, 0.5) is 0 Å². The quantitative estimate of drug-likeness (QED) is 0.717. The van der Waals surface area contributed by atoms with Crippen LogP contribution in [0.25, 0.3) is 5.70 Å². The number of aliphatic imine (C=N–C) groups is 2. The zero-order chi connectivity index (χ0) is 18.1. The first-order chi connectivity index (χ1) is 12.6. The van der Waals surface area contributed by atoms with E-state index in [2.05, 4.69) is 20.6 Å². The first-order valence-corrected chi connectivity index (χ1v) is 8.76. The molecule has 136 valence electrons. The predicted molar refractivity (Wildman–Crippen MR) is 99.5 cm³/mol. The van der Waals surface area contributed by atoms with Crippen molar-refractivity contribution in [2.75, 3.05) is 19.7 Å². The number of ether oxygens (including phenoxy) is 1. The smallest absolute Gasteiger partial charge is 0.253 e. The summed E-state index contributed by atoms with van der Waals surface area (Å²) in [6, 6.07) is 7.53. The van der Waals surface area contributed by atoms with E-state index in [9.17, 15) is 4.79 Å². The SMILES string of the molecule is C[C@@H]1CN(C(=O)c2cccc(C3=C4NC=NC4N=C(N)N3)c2)CCCO1. The Bertz CT molecular complexity index is 816. The molecule has 4 rings (SSSR count). The van der Waals surface area contributed by atoms with Crippen molar-refractivity contribution in [3.8, 4) is 0 Å². The Balaban J connectivity index is 1.62. The molecule has 26 heavy (non-hydrogen) atoms. The number of carbonyl (C=O) groups excluding carboxylic acids is 1. The number of benzene rings is 1. The third kappa shape index (κ3) is 3.15. The molecule has 0 aromatic heterocycles. The Labute approximate surface area is 151 Å². The molecular weight excluding hydrogens is 332 g/mol. The zero-order valence-electron chi connectivity index (χ0n) is 14.6. The number of guanidine groups is 1. The summed E-state index contributed by atoms with van der Waals surface area (Å²) < 4.78 is 5.64. The molecule has 2 atom stereocenters. The lowest BCUT2D eigenvalue weighted by molar-refractivity contribution is 0.0562. The minimum atomic E-state index is -0.353. The number of fused-ring (bicyclic) bond motifs is 1. The Kier molecular flexibility index (Phi) is 4.34. The molecular formula is C18H22N6O2. The number of nitrogens with zero attached hydrogens (tertiary/aromatic N) is 3. The summed E-state index contributed by atoms with van der Waals surface area (Å²) in [4.78, 5) is 23.3.